The summed E-state index contributed by atoms with van der Waals surface area (Å²) >= 11 is 7.94. The van der Waals surface area contributed by atoms with Gasteiger partial charge in [-0.1, -0.05) is 42.5 Å². The van der Waals surface area contributed by atoms with Gasteiger partial charge in [-0.25, -0.2) is 4.98 Å². The summed E-state index contributed by atoms with van der Waals surface area (Å²) < 4.78 is 0. The molecule has 0 aliphatic carbocycles. The van der Waals surface area contributed by atoms with Crippen LogP contribution < -0.4 is 4.90 Å². The molecule has 140 valence electrons. The van der Waals surface area contributed by atoms with Gasteiger partial charge in [0.25, 0.3) is 0 Å². The third-order valence-corrected chi connectivity index (χ3v) is 6.68. The molecule has 0 saturated heterocycles. The summed E-state index contributed by atoms with van der Waals surface area (Å²) in [5.74, 6) is 0.944. The van der Waals surface area contributed by atoms with Gasteiger partial charge in [0.2, 0.25) is 5.28 Å². The summed E-state index contributed by atoms with van der Waals surface area (Å²) in [6.45, 7) is 6.08. The summed E-state index contributed by atoms with van der Waals surface area (Å²) in [7, 11) is 0. The zero-order valence-electron chi connectivity index (χ0n) is 15.9. The van der Waals surface area contributed by atoms with Crippen LogP contribution >= 0.6 is 22.9 Å². The number of fused-ring (bicyclic) bond motifs is 2. The fourth-order valence-corrected chi connectivity index (χ4v) is 5.08. The van der Waals surface area contributed by atoms with Crippen LogP contribution in [0.2, 0.25) is 5.28 Å². The van der Waals surface area contributed by atoms with Crippen molar-refractivity contribution >= 4 is 39.0 Å². The van der Waals surface area contributed by atoms with Crippen LogP contribution in [0.5, 0.6) is 0 Å². The topological polar surface area (TPSA) is 29.0 Å². The lowest BCUT2D eigenvalue weighted by Crippen LogP contribution is -2.31. The Balaban J connectivity index is 1.67. The van der Waals surface area contributed by atoms with Crippen LogP contribution in [0.25, 0.3) is 21.3 Å². The van der Waals surface area contributed by atoms with E-state index in [1.165, 1.54) is 33.4 Å². The van der Waals surface area contributed by atoms with Gasteiger partial charge in [-0.3, -0.25) is 0 Å². The Hall–Kier alpha value is -2.43. The van der Waals surface area contributed by atoms with Crippen molar-refractivity contribution < 1.29 is 0 Å². The Kier molecular flexibility index (Phi) is 4.33. The van der Waals surface area contributed by atoms with Crippen molar-refractivity contribution in [3.05, 3.63) is 75.4 Å². The maximum atomic E-state index is 6.30. The molecule has 1 aliphatic rings. The Morgan fingerprint density at radius 3 is 2.64 bits per heavy atom. The molecule has 0 atom stereocenters. The Bertz CT molecular complexity index is 1200. The third-order valence-electron chi connectivity index (χ3n) is 5.64. The molecule has 0 spiro atoms. The molecular weight excluding hydrogens is 386 g/mol. The second-order valence-corrected chi connectivity index (χ2v) is 8.58. The van der Waals surface area contributed by atoms with Crippen LogP contribution in [-0.2, 0) is 13.0 Å². The molecule has 0 radical (unpaired) electrons. The summed E-state index contributed by atoms with van der Waals surface area (Å²) in [6.07, 6.45) is 1.02. The molecule has 0 N–H and O–H groups in total. The number of aromatic nitrogens is 2. The monoisotopic (exact) mass is 405 g/mol. The van der Waals surface area contributed by atoms with Crippen LogP contribution in [0.4, 0.5) is 5.82 Å². The zero-order valence-corrected chi connectivity index (χ0v) is 17.4. The average molecular weight is 406 g/mol. The van der Waals surface area contributed by atoms with Gasteiger partial charge in [0, 0.05) is 24.0 Å². The SMILES string of the molecule is Cc1ccc(-c2csc3nc(Cl)nc(N4CCc5ccccc5C4)c23)cc1C. The maximum absolute atomic E-state index is 6.30. The van der Waals surface area contributed by atoms with Crippen LogP contribution in [-0.4, -0.2) is 16.5 Å². The fourth-order valence-electron chi connectivity index (χ4n) is 3.92. The molecule has 1 aliphatic heterocycles. The van der Waals surface area contributed by atoms with Crippen molar-refractivity contribution in [1.29, 1.82) is 0 Å². The molecule has 0 saturated carbocycles. The number of hydrogen-bond donors (Lipinski definition) is 0. The predicted octanol–water partition coefficient (Wildman–Crippen LogP) is 6.19. The lowest BCUT2D eigenvalue weighted by Gasteiger charge is -2.30. The zero-order chi connectivity index (χ0) is 19.3. The summed E-state index contributed by atoms with van der Waals surface area (Å²) in [5, 5.41) is 3.60. The van der Waals surface area contributed by atoms with E-state index in [0.717, 1.165) is 35.5 Å². The molecule has 5 rings (SSSR count). The molecule has 4 aromatic rings. The molecule has 0 amide bonds. The Morgan fingerprint density at radius 1 is 1.00 bits per heavy atom. The highest BCUT2D eigenvalue weighted by Crippen LogP contribution is 2.40. The minimum atomic E-state index is 0.315. The molecule has 0 fully saturated rings. The van der Waals surface area contributed by atoms with E-state index in [1.54, 1.807) is 11.3 Å². The minimum Gasteiger partial charge on any atom is -0.351 e. The number of nitrogens with zero attached hydrogens (tertiary/aromatic N) is 3. The molecule has 3 nitrogen and oxygen atoms in total. The van der Waals surface area contributed by atoms with Crippen molar-refractivity contribution in [2.24, 2.45) is 0 Å². The van der Waals surface area contributed by atoms with Crippen LogP contribution in [0.1, 0.15) is 22.3 Å². The van der Waals surface area contributed by atoms with E-state index in [2.05, 4.69) is 76.6 Å². The van der Waals surface area contributed by atoms with Gasteiger partial charge >= 0.3 is 0 Å². The second kappa shape index (κ2) is 6.87. The van der Waals surface area contributed by atoms with Gasteiger partial charge < -0.3 is 4.90 Å². The number of rotatable bonds is 2. The first-order chi connectivity index (χ1) is 13.6. The number of halogens is 1. The normalized spacial score (nSPS) is 13.8. The van der Waals surface area contributed by atoms with Gasteiger partial charge in [0.05, 0.1) is 5.39 Å². The van der Waals surface area contributed by atoms with Gasteiger partial charge in [-0.15, -0.1) is 11.3 Å². The number of anilines is 1. The van der Waals surface area contributed by atoms with Crippen molar-refractivity contribution in [1.82, 2.24) is 9.97 Å². The smallest absolute Gasteiger partial charge is 0.225 e. The van der Waals surface area contributed by atoms with Crippen LogP contribution in [0.15, 0.2) is 47.8 Å². The van der Waals surface area contributed by atoms with Crippen LogP contribution in [0, 0.1) is 13.8 Å². The highest BCUT2D eigenvalue weighted by molar-refractivity contribution is 7.17. The van der Waals surface area contributed by atoms with Crippen molar-refractivity contribution in [2.45, 2.75) is 26.8 Å². The van der Waals surface area contributed by atoms with E-state index in [-0.39, 0.29) is 0 Å². The minimum absolute atomic E-state index is 0.315. The summed E-state index contributed by atoms with van der Waals surface area (Å²) in [5.41, 5.74) is 7.78. The highest BCUT2D eigenvalue weighted by atomic mass is 35.5. The lowest BCUT2D eigenvalue weighted by molar-refractivity contribution is 0.723. The van der Waals surface area contributed by atoms with E-state index >= 15 is 0 Å². The van der Waals surface area contributed by atoms with E-state index in [9.17, 15) is 0 Å². The number of benzene rings is 2. The quantitative estimate of drug-likeness (QED) is 0.372. The first kappa shape index (κ1) is 17.7. The van der Waals surface area contributed by atoms with Crippen molar-refractivity contribution in [2.75, 3.05) is 11.4 Å². The second-order valence-electron chi connectivity index (χ2n) is 7.39. The van der Waals surface area contributed by atoms with Crippen LogP contribution in [0.3, 0.4) is 0 Å². The van der Waals surface area contributed by atoms with E-state index in [4.69, 9.17) is 11.6 Å². The molecular formula is C23H20ClN3S. The first-order valence-electron chi connectivity index (χ1n) is 9.44. The van der Waals surface area contributed by atoms with Gasteiger partial charge in [-0.2, -0.15) is 4.98 Å². The fraction of sp³-hybridized carbons (Fsp3) is 0.217. The molecule has 3 heterocycles. The highest BCUT2D eigenvalue weighted by Gasteiger charge is 2.23. The Morgan fingerprint density at radius 2 is 1.82 bits per heavy atom. The standard InChI is InChI=1S/C23H20ClN3S/c1-14-7-8-17(11-15(14)2)19-13-28-22-20(19)21(25-23(24)26-22)27-10-9-16-5-3-4-6-18(16)12-27/h3-8,11,13H,9-10,12H2,1-2H3. The largest absolute Gasteiger partial charge is 0.351 e. The third kappa shape index (κ3) is 2.97. The Labute approximate surface area is 173 Å². The number of thiophene rings is 1. The van der Waals surface area contributed by atoms with E-state index < -0.39 is 0 Å². The molecule has 0 unspecified atom stereocenters. The lowest BCUT2D eigenvalue weighted by atomic mass is 9.98. The van der Waals surface area contributed by atoms with Gasteiger partial charge in [0.15, 0.2) is 0 Å². The number of aryl methyl sites for hydroxylation is 2. The number of hydrogen-bond acceptors (Lipinski definition) is 4. The maximum Gasteiger partial charge on any atom is 0.225 e. The molecule has 28 heavy (non-hydrogen) atoms. The van der Waals surface area contributed by atoms with Crippen molar-refractivity contribution in [3.8, 4) is 11.1 Å². The first-order valence-corrected chi connectivity index (χ1v) is 10.7. The summed E-state index contributed by atoms with van der Waals surface area (Å²) in [4.78, 5) is 12.5. The van der Waals surface area contributed by atoms with Gasteiger partial charge in [0.1, 0.15) is 10.6 Å². The van der Waals surface area contributed by atoms with Crippen molar-refractivity contribution in [3.63, 3.8) is 0 Å². The van der Waals surface area contributed by atoms with E-state index in [1.807, 2.05) is 0 Å². The average Bonchev–Trinajstić information content (AvgIpc) is 3.13. The molecule has 2 aromatic carbocycles. The molecule has 0 bridgehead atoms. The van der Waals surface area contributed by atoms with Gasteiger partial charge in [-0.05, 0) is 59.7 Å². The van der Waals surface area contributed by atoms with E-state index in [0.29, 0.717) is 5.28 Å². The predicted molar refractivity (Wildman–Crippen MR) is 119 cm³/mol. The molecule has 2 aromatic heterocycles. The summed E-state index contributed by atoms with van der Waals surface area (Å²) in [6, 6.07) is 15.3. The molecule has 5 heteroatoms.